The number of alkyl halides is 2. The van der Waals surface area contributed by atoms with E-state index in [9.17, 15) is 8.78 Å². The van der Waals surface area contributed by atoms with Gasteiger partial charge in [0.1, 0.15) is 0 Å². The van der Waals surface area contributed by atoms with Gasteiger partial charge < -0.3 is 15.2 Å². The average molecular weight is 213 g/mol. The normalized spacial score (nSPS) is 18.6. The number of benzene rings is 1. The molecule has 80 valence electrons. The Labute approximate surface area is 85.1 Å². The van der Waals surface area contributed by atoms with Crippen LogP contribution in [0, 0.1) is 0 Å². The van der Waals surface area contributed by atoms with Crippen LogP contribution in [-0.4, -0.2) is 6.29 Å². The minimum atomic E-state index is -3.58. The minimum absolute atomic E-state index is 0.00481. The van der Waals surface area contributed by atoms with Crippen LogP contribution in [0.15, 0.2) is 30.9 Å². The average Bonchev–Trinajstić information content (AvgIpc) is 2.49. The van der Waals surface area contributed by atoms with Crippen LogP contribution < -0.4 is 15.2 Å². The predicted molar refractivity (Wildman–Crippen MR) is 49.8 cm³/mol. The van der Waals surface area contributed by atoms with Gasteiger partial charge in [-0.1, -0.05) is 12.1 Å². The maximum Gasteiger partial charge on any atom is 0.586 e. The van der Waals surface area contributed by atoms with Crippen LogP contribution in [-0.2, 0) is 0 Å². The largest absolute Gasteiger partial charge is 0.586 e. The van der Waals surface area contributed by atoms with Crippen LogP contribution in [0.4, 0.5) is 8.78 Å². The van der Waals surface area contributed by atoms with E-state index in [1.54, 1.807) is 6.07 Å². The summed E-state index contributed by atoms with van der Waals surface area (Å²) in [5, 5.41) is 0. The summed E-state index contributed by atoms with van der Waals surface area (Å²) in [6.07, 6.45) is -2.07. The molecule has 0 aromatic heterocycles. The Morgan fingerprint density at radius 1 is 1.33 bits per heavy atom. The van der Waals surface area contributed by atoms with Gasteiger partial charge >= 0.3 is 6.29 Å². The highest BCUT2D eigenvalue weighted by atomic mass is 19.3. The van der Waals surface area contributed by atoms with Gasteiger partial charge in [-0.25, -0.2) is 0 Å². The molecule has 1 unspecified atom stereocenters. The third kappa shape index (κ3) is 1.78. The lowest BCUT2D eigenvalue weighted by atomic mass is 10.1. The molecule has 1 aliphatic heterocycles. The van der Waals surface area contributed by atoms with Gasteiger partial charge in [0, 0.05) is 6.04 Å². The lowest BCUT2D eigenvalue weighted by molar-refractivity contribution is -0.286. The molecular weight excluding hydrogens is 204 g/mol. The maximum absolute atomic E-state index is 12.7. The Balaban J connectivity index is 2.34. The molecule has 0 amide bonds. The molecule has 0 radical (unpaired) electrons. The van der Waals surface area contributed by atoms with Gasteiger partial charge in [0.2, 0.25) is 0 Å². The van der Waals surface area contributed by atoms with Crippen molar-refractivity contribution in [3.8, 4) is 11.5 Å². The summed E-state index contributed by atoms with van der Waals surface area (Å²) in [7, 11) is 0. The fourth-order valence-electron chi connectivity index (χ4n) is 1.31. The number of halogens is 2. The summed E-state index contributed by atoms with van der Waals surface area (Å²) in [4.78, 5) is 0. The van der Waals surface area contributed by atoms with Crippen molar-refractivity contribution in [1.29, 1.82) is 0 Å². The zero-order chi connectivity index (χ0) is 11.1. The molecule has 0 spiro atoms. The molecule has 3 nitrogen and oxygen atoms in total. The number of rotatable bonds is 2. The zero-order valence-electron chi connectivity index (χ0n) is 7.74. The molecule has 0 aliphatic carbocycles. The number of nitrogens with two attached hydrogens (primary N) is 1. The first-order valence-electron chi connectivity index (χ1n) is 4.30. The van der Waals surface area contributed by atoms with E-state index in [4.69, 9.17) is 5.73 Å². The first-order chi connectivity index (χ1) is 7.02. The van der Waals surface area contributed by atoms with Gasteiger partial charge in [-0.2, -0.15) is 0 Å². The highest BCUT2D eigenvalue weighted by Crippen LogP contribution is 2.41. The van der Waals surface area contributed by atoms with Crippen LogP contribution >= 0.6 is 0 Å². The molecule has 1 heterocycles. The van der Waals surface area contributed by atoms with E-state index in [0.29, 0.717) is 5.56 Å². The van der Waals surface area contributed by atoms with Crippen molar-refractivity contribution in [3.05, 3.63) is 36.4 Å². The summed E-state index contributed by atoms with van der Waals surface area (Å²) >= 11 is 0. The number of ether oxygens (including phenoxy) is 2. The van der Waals surface area contributed by atoms with E-state index >= 15 is 0 Å². The van der Waals surface area contributed by atoms with Crippen molar-refractivity contribution in [2.24, 2.45) is 5.73 Å². The molecule has 0 saturated carbocycles. The Hall–Kier alpha value is -1.62. The lowest BCUT2D eigenvalue weighted by Gasteiger charge is -2.06. The van der Waals surface area contributed by atoms with E-state index in [1.807, 2.05) is 0 Å². The molecular formula is C10H9F2NO2. The summed E-state index contributed by atoms with van der Waals surface area (Å²) in [5.41, 5.74) is 6.30. The van der Waals surface area contributed by atoms with Gasteiger partial charge in [0.15, 0.2) is 11.5 Å². The summed E-state index contributed by atoms with van der Waals surface area (Å²) in [6, 6.07) is 4.00. The molecule has 1 aromatic carbocycles. The predicted octanol–water partition coefficient (Wildman–Crippen LogP) is 2.19. The SMILES string of the molecule is C=CC(N)c1ccc2c(c1)OC(F)(F)O2. The van der Waals surface area contributed by atoms with Crippen molar-refractivity contribution < 1.29 is 18.3 Å². The zero-order valence-corrected chi connectivity index (χ0v) is 7.74. The second kappa shape index (κ2) is 3.20. The maximum atomic E-state index is 12.7. The number of hydrogen-bond acceptors (Lipinski definition) is 3. The fraction of sp³-hybridized carbons (Fsp3) is 0.200. The van der Waals surface area contributed by atoms with Gasteiger partial charge in [0.05, 0.1) is 0 Å². The van der Waals surface area contributed by atoms with Crippen LogP contribution in [0.2, 0.25) is 0 Å². The standard InChI is InChI=1S/C10H9F2NO2/c1-2-7(13)6-3-4-8-9(5-6)15-10(11,12)14-8/h2-5,7H,1,13H2. The van der Waals surface area contributed by atoms with Crippen LogP contribution in [0.25, 0.3) is 0 Å². The Morgan fingerprint density at radius 3 is 2.67 bits per heavy atom. The molecule has 5 heteroatoms. The van der Waals surface area contributed by atoms with Crippen LogP contribution in [0.5, 0.6) is 11.5 Å². The first-order valence-corrected chi connectivity index (χ1v) is 4.30. The second-order valence-electron chi connectivity index (χ2n) is 3.14. The molecule has 0 saturated heterocycles. The van der Waals surface area contributed by atoms with Crippen molar-refractivity contribution in [2.75, 3.05) is 0 Å². The molecule has 0 fully saturated rings. The van der Waals surface area contributed by atoms with E-state index < -0.39 is 12.3 Å². The lowest BCUT2D eigenvalue weighted by Crippen LogP contribution is -2.25. The second-order valence-corrected chi connectivity index (χ2v) is 3.14. The Kier molecular flexibility index (Phi) is 2.12. The van der Waals surface area contributed by atoms with E-state index in [2.05, 4.69) is 16.1 Å². The Bertz CT molecular complexity index is 406. The topological polar surface area (TPSA) is 44.5 Å². The monoisotopic (exact) mass is 213 g/mol. The number of hydrogen-bond donors (Lipinski definition) is 1. The Morgan fingerprint density at radius 2 is 2.00 bits per heavy atom. The summed E-state index contributed by atoms with van der Waals surface area (Å²) in [5.74, 6) is 0.00909. The van der Waals surface area contributed by atoms with Gasteiger partial charge in [-0.15, -0.1) is 15.4 Å². The van der Waals surface area contributed by atoms with Gasteiger partial charge in [-0.3, -0.25) is 0 Å². The van der Waals surface area contributed by atoms with E-state index in [-0.39, 0.29) is 11.5 Å². The molecule has 1 aromatic rings. The van der Waals surface area contributed by atoms with Crippen LogP contribution in [0.1, 0.15) is 11.6 Å². The fourth-order valence-corrected chi connectivity index (χ4v) is 1.31. The first kappa shape index (κ1) is 9.92. The minimum Gasteiger partial charge on any atom is -0.395 e. The molecule has 0 bridgehead atoms. The highest BCUT2D eigenvalue weighted by molar-refractivity contribution is 5.46. The molecule has 1 aliphatic rings. The van der Waals surface area contributed by atoms with Crippen molar-refractivity contribution in [1.82, 2.24) is 0 Å². The van der Waals surface area contributed by atoms with Crippen molar-refractivity contribution in [2.45, 2.75) is 12.3 Å². The van der Waals surface area contributed by atoms with Crippen molar-refractivity contribution in [3.63, 3.8) is 0 Å². The quantitative estimate of drug-likeness (QED) is 0.766. The smallest absolute Gasteiger partial charge is 0.395 e. The molecule has 15 heavy (non-hydrogen) atoms. The highest BCUT2D eigenvalue weighted by Gasteiger charge is 2.43. The summed E-state index contributed by atoms with van der Waals surface area (Å²) in [6.45, 7) is 3.51. The van der Waals surface area contributed by atoms with Gasteiger partial charge in [0.25, 0.3) is 0 Å². The van der Waals surface area contributed by atoms with Gasteiger partial charge in [-0.05, 0) is 17.7 Å². The third-order valence-corrected chi connectivity index (χ3v) is 2.06. The van der Waals surface area contributed by atoms with Crippen molar-refractivity contribution >= 4 is 0 Å². The van der Waals surface area contributed by atoms with E-state index in [0.717, 1.165) is 0 Å². The third-order valence-electron chi connectivity index (χ3n) is 2.06. The molecule has 2 N–H and O–H groups in total. The van der Waals surface area contributed by atoms with E-state index in [1.165, 1.54) is 18.2 Å². The van der Waals surface area contributed by atoms with Crippen LogP contribution in [0.3, 0.4) is 0 Å². The number of fused-ring (bicyclic) bond motifs is 1. The molecule has 1 atom stereocenters. The summed E-state index contributed by atoms with van der Waals surface area (Å²) < 4.78 is 33.8. The molecule has 2 rings (SSSR count).